The van der Waals surface area contributed by atoms with E-state index in [0.29, 0.717) is 5.92 Å². The number of piperidine rings is 1. The van der Waals surface area contributed by atoms with E-state index in [2.05, 4.69) is 22.8 Å². The van der Waals surface area contributed by atoms with Crippen molar-refractivity contribution in [1.29, 1.82) is 0 Å². The van der Waals surface area contributed by atoms with Gasteiger partial charge in [-0.2, -0.15) is 0 Å². The van der Waals surface area contributed by atoms with Crippen LogP contribution in [-0.4, -0.2) is 40.3 Å². The Labute approximate surface area is 152 Å². The number of halogens is 1. The molecule has 1 saturated heterocycles. The lowest BCUT2D eigenvalue weighted by atomic mass is 9.79. The molecule has 4 atom stereocenters. The van der Waals surface area contributed by atoms with Crippen molar-refractivity contribution in [2.45, 2.75) is 44.4 Å². The largest absolute Gasteiger partial charge is 0.353 e. The van der Waals surface area contributed by atoms with Crippen LogP contribution in [0, 0.1) is 5.92 Å². The summed E-state index contributed by atoms with van der Waals surface area (Å²) in [4.78, 5) is 11.9. The summed E-state index contributed by atoms with van der Waals surface area (Å²) in [5, 5.41) is 6.91. The average molecular weight is 371 g/mol. The van der Waals surface area contributed by atoms with Crippen LogP contribution in [0.4, 0.5) is 0 Å². The smallest absolute Gasteiger partial charge is 0.232 e. The summed E-state index contributed by atoms with van der Waals surface area (Å²) >= 11 is 5.99. The Morgan fingerprint density at radius 1 is 1.33 bits per heavy atom. The van der Waals surface area contributed by atoms with E-state index in [-0.39, 0.29) is 28.9 Å². The van der Waals surface area contributed by atoms with Crippen LogP contribution in [0.1, 0.15) is 38.7 Å². The monoisotopic (exact) mass is 370 g/mol. The molecule has 1 amide bonds. The zero-order chi connectivity index (χ0) is 17.7. The van der Waals surface area contributed by atoms with E-state index in [9.17, 15) is 9.00 Å². The first kappa shape index (κ1) is 19.4. The van der Waals surface area contributed by atoms with Crippen LogP contribution < -0.4 is 10.6 Å². The molecule has 1 aromatic rings. The van der Waals surface area contributed by atoms with Crippen molar-refractivity contribution in [3.8, 4) is 0 Å². The molecule has 0 radical (unpaired) electrons. The van der Waals surface area contributed by atoms with E-state index < -0.39 is 10.8 Å². The molecule has 1 aliphatic heterocycles. The Bertz CT molecular complexity index is 577. The predicted octanol–water partition coefficient (Wildman–Crippen LogP) is 2.69. The van der Waals surface area contributed by atoms with E-state index in [4.69, 9.17) is 11.6 Å². The molecule has 0 spiro atoms. The summed E-state index contributed by atoms with van der Waals surface area (Å²) in [6.07, 6.45) is 1.01. The third-order valence-electron chi connectivity index (χ3n) is 4.57. The van der Waals surface area contributed by atoms with Gasteiger partial charge >= 0.3 is 0 Å². The highest BCUT2D eigenvalue weighted by atomic mass is 35.5. The topological polar surface area (TPSA) is 58.2 Å². The molecule has 1 aromatic carbocycles. The molecule has 1 heterocycles. The molecule has 1 fully saturated rings. The fraction of sp³-hybridized carbons (Fsp3) is 0.611. The Balaban J connectivity index is 2.07. The van der Waals surface area contributed by atoms with Gasteiger partial charge in [-0.25, -0.2) is 0 Å². The van der Waals surface area contributed by atoms with E-state index in [1.54, 1.807) is 0 Å². The van der Waals surface area contributed by atoms with Crippen molar-refractivity contribution >= 4 is 28.3 Å². The molecule has 0 aliphatic carbocycles. The molecule has 0 bridgehead atoms. The number of hydrogen-bond donors (Lipinski definition) is 2. The molecular formula is C18H27ClN2O2S. The molecular weight excluding hydrogens is 344 g/mol. The predicted molar refractivity (Wildman–Crippen MR) is 101 cm³/mol. The fourth-order valence-corrected chi connectivity index (χ4v) is 4.73. The molecule has 24 heavy (non-hydrogen) atoms. The zero-order valence-corrected chi connectivity index (χ0v) is 16.1. The van der Waals surface area contributed by atoms with Crippen LogP contribution in [0.15, 0.2) is 24.3 Å². The first-order chi connectivity index (χ1) is 11.4. The van der Waals surface area contributed by atoms with Crippen LogP contribution in [0.25, 0.3) is 0 Å². The minimum Gasteiger partial charge on any atom is -0.353 e. The van der Waals surface area contributed by atoms with Gasteiger partial charge in [0.2, 0.25) is 5.91 Å². The van der Waals surface area contributed by atoms with Crippen molar-refractivity contribution in [1.82, 2.24) is 10.6 Å². The molecule has 4 nitrogen and oxygen atoms in total. The number of carbonyl (C=O) groups is 1. The first-order valence-corrected chi connectivity index (χ1v) is 10.3. The molecule has 1 aliphatic rings. The summed E-state index contributed by atoms with van der Waals surface area (Å²) in [5.41, 5.74) is 1.24. The number of benzene rings is 1. The van der Waals surface area contributed by atoms with Gasteiger partial charge in [0.15, 0.2) is 0 Å². The lowest BCUT2D eigenvalue weighted by Gasteiger charge is -2.36. The standard InChI is InChI=1S/C18H27ClN2O2S/c1-12(2)21-18(22)11-24(23)13(3)17-10-20-9-8-16(17)14-4-6-15(19)7-5-14/h4-7,12-13,16-17,20H,8-11H2,1-3H3,(H,21,22)/t13?,16-,17-,24?/m1/s1. The maximum absolute atomic E-state index is 12.7. The van der Waals surface area contributed by atoms with Crippen LogP contribution in [0.3, 0.4) is 0 Å². The Morgan fingerprint density at radius 3 is 2.62 bits per heavy atom. The Morgan fingerprint density at radius 2 is 2.00 bits per heavy atom. The minimum absolute atomic E-state index is 0.0450. The van der Waals surface area contributed by atoms with Crippen molar-refractivity contribution in [2.24, 2.45) is 5.92 Å². The second kappa shape index (κ2) is 8.97. The van der Waals surface area contributed by atoms with Crippen LogP contribution in [0.5, 0.6) is 0 Å². The van der Waals surface area contributed by atoms with E-state index in [0.717, 1.165) is 24.5 Å². The highest BCUT2D eigenvalue weighted by molar-refractivity contribution is 7.86. The van der Waals surface area contributed by atoms with E-state index in [1.807, 2.05) is 32.9 Å². The van der Waals surface area contributed by atoms with E-state index in [1.165, 1.54) is 5.56 Å². The molecule has 6 heteroatoms. The van der Waals surface area contributed by atoms with Crippen molar-refractivity contribution in [3.63, 3.8) is 0 Å². The number of hydrogen-bond acceptors (Lipinski definition) is 3. The van der Waals surface area contributed by atoms with Crippen molar-refractivity contribution < 1.29 is 9.00 Å². The van der Waals surface area contributed by atoms with Crippen molar-refractivity contribution in [3.05, 3.63) is 34.9 Å². The maximum Gasteiger partial charge on any atom is 0.232 e. The number of rotatable bonds is 6. The van der Waals surface area contributed by atoms with Gasteiger partial charge in [0.05, 0.1) is 0 Å². The summed E-state index contributed by atoms with van der Waals surface area (Å²) < 4.78 is 12.7. The molecule has 134 valence electrons. The first-order valence-electron chi connectivity index (χ1n) is 8.51. The fourth-order valence-electron chi connectivity index (χ4n) is 3.32. The number of carbonyl (C=O) groups excluding carboxylic acids is 1. The van der Waals surface area contributed by atoms with Gasteiger partial charge in [0.25, 0.3) is 0 Å². The van der Waals surface area contributed by atoms with Crippen LogP contribution in [0.2, 0.25) is 5.02 Å². The molecule has 2 rings (SSSR count). The summed E-state index contributed by atoms with van der Waals surface area (Å²) in [6, 6.07) is 8.02. The van der Waals surface area contributed by atoms with Gasteiger partial charge < -0.3 is 10.6 Å². The third-order valence-corrected chi connectivity index (χ3v) is 6.55. The maximum atomic E-state index is 12.7. The van der Waals surface area contributed by atoms with Crippen molar-refractivity contribution in [2.75, 3.05) is 18.8 Å². The number of amides is 1. The third kappa shape index (κ3) is 5.30. The van der Waals surface area contributed by atoms with E-state index >= 15 is 0 Å². The lowest BCUT2D eigenvalue weighted by molar-refractivity contribution is -0.119. The second-order valence-electron chi connectivity index (χ2n) is 6.77. The normalized spacial score (nSPS) is 23.7. The quantitative estimate of drug-likeness (QED) is 0.809. The molecule has 0 aromatic heterocycles. The van der Waals surface area contributed by atoms with Gasteiger partial charge in [-0.1, -0.05) is 30.7 Å². The minimum atomic E-state index is -1.19. The second-order valence-corrected chi connectivity index (χ2v) is 9.00. The highest BCUT2D eigenvalue weighted by Crippen LogP contribution is 2.34. The Hall–Kier alpha value is -0.910. The zero-order valence-electron chi connectivity index (χ0n) is 14.5. The van der Waals surface area contributed by atoms with Gasteiger partial charge in [0.1, 0.15) is 5.75 Å². The molecule has 0 saturated carbocycles. The summed E-state index contributed by atoms with van der Waals surface area (Å²) in [5.74, 6) is 0.522. The number of nitrogens with one attached hydrogen (secondary N) is 2. The van der Waals surface area contributed by atoms with Gasteiger partial charge in [-0.3, -0.25) is 9.00 Å². The van der Waals surface area contributed by atoms with Gasteiger partial charge in [0, 0.05) is 27.1 Å². The molecule has 2 unspecified atom stereocenters. The average Bonchev–Trinajstić information content (AvgIpc) is 2.54. The van der Waals surface area contributed by atoms with Crippen LogP contribution >= 0.6 is 11.6 Å². The van der Waals surface area contributed by atoms with Crippen LogP contribution in [-0.2, 0) is 15.6 Å². The van der Waals surface area contributed by atoms with Gasteiger partial charge in [-0.05, 0) is 62.9 Å². The SMILES string of the molecule is CC(C)NC(=O)CS(=O)C(C)[C@H]1CNCC[C@@H]1c1ccc(Cl)cc1. The summed E-state index contributed by atoms with van der Waals surface area (Å²) in [7, 11) is -1.19. The molecule has 2 N–H and O–H groups in total. The highest BCUT2D eigenvalue weighted by Gasteiger charge is 2.33. The lowest BCUT2D eigenvalue weighted by Crippen LogP contribution is -2.44. The van der Waals surface area contributed by atoms with Gasteiger partial charge in [-0.15, -0.1) is 0 Å². The Kier molecular flexibility index (Phi) is 7.26. The summed E-state index contributed by atoms with van der Waals surface area (Å²) in [6.45, 7) is 7.60.